The maximum Gasteiger partial charge on any atom is 0.326 e. The van der Waals surface area contributed by atoms with E-state index >= 15 is 0 Å². The second-order valence-electron chi connectivity index (χ2n) is 4.85. The molecule has 1 aliphatic heterocycles. The van der Waals surface area contributed by atoms with Gasteiger partial charge < -0.3 is 20.1 Å². The van der Waals surface area contributed by atoms with Gasteiger partial charge >= 0.3 is 11.9 Å². The number of hydrogen-bond acceptors (Lipinski definition) is 5. The summed E-state index contributed by atoms with van der Waals surface area (Å²) in [5.74, 6) is -2.89. The summed E-state index contributed by atoms with van der Waals surface area (Å²) in [5.41, 5.74) is 0. The Morgan fingerprint density at radius 3 is 2.62 bits per heavy atom. The minimum Gasteiger partial charge on any atom is -0.480 e. The van der Waals surface area contributed by atoms with E-state index in [1.54, 1.807) is 4.90 Å². The van der Waals surface area contributed by atoms with Crippen LogP contribution in [0.25, 0.3) is 0 Å². The normalized spacial score (nSPS) is 19.2. The number of aliphatic carboxylic acids is 1. The van der Waals surface area contributed by atoms with Gasteiger partial charge in [0.2, 0.25) is 11.8 Å². The fourth-order valence-corrected chi connectivity index (χ4v) is 2.16. The molecule has 2 atom stereocenters. The Hall–Kier alpha value is -2.12. The van der Waals surface area contributed by atoms with Gasteiger partial charge in [-0.3, -0.25) is 14.4 Å². The zero-order valence-corrected chi connectivity index (χ0v) is 12.1. The van der Waals surface area contributed by atoms with Gasteiger partial charge in [0.05, 0.1) is 13.0 Å². The van der Waals surface area contributed by atoms with Crippen molar-refractivity contribution in [3.8, 4) is 0 Å². The van der Waals surface area contributed by atoms with Gasteiger partial charge in [0.15, 0.2) is 0 Å². The lowest BCUT2D eigenvalue weighted by Crippen LogP contribution is -2.44. The number of carbonyl (C=O) groups is 4. The highest BCUT2D eigenvalue weighted by atomic mass is 16.5. The number of nitrogens with one attached hydrogen (secondary N) is 1. The number of carboxylic acids is 1. The zero-order chi connectivity index (χ0) is 16.0. The van der Waals surface area contributed by atoms with Crippen LogP contribution in [0.15, 0.2) is 0 Å². The van der Waals surface area contributed by atoms with Crippen molar-refractivity contribution in [1.29, 1.82) is 0 Å². The number of rotatable bonds is 7. The number of carbonyl (C=O) groups excluding carboxylic acids is 3. The largest absolute Gasteiger partial charge is 0.480 e. The predicted molar refractivity (Wildman–Crippen MR) is 71.2 cm³/mol. The maximum atomic E-state index is 12.0. The molecule has 8 heteroatoms. The molecule has 21 heavy (non-hydrogen) atoms. The Morgan fingerprint density at radius 1 is 1.48 bits per heavy atom. The van der Waals surface area contributed by atoms with Crippen molar-refractivity contribution in [1.82, 2.24) is 10.2 Å². The van der Waals surface area contributed by atoms with Crippen LogP contribution in [0.5, 0.6) is 0 Å². The fourth-order valence-electron chi connectivity index (χ4n) is 2.16. The topological polar surface area (TPSA) is 113 Å². The van der Waals surface area contributed by atoms with Crippen LogP contribution in [0.2, 0.25) is 0 Å². The first-order valence-electron chi connectivity index (χ1n) is 6.76. The lowest BCUT2D eigenvalue weighted by molar-refractivity contribution is -0.144. The summed E-state index contributed by atoms with van der Waals surface area (Å²) < 4.78 is 4.43. The molecule has 0 aromatic carbocycles. The molecule has 1 aliphatic rings. The monoisotopic (exact) mass is 300 g/mol. The molecule has 1 fully saturated rings. The van der Waals surface area contributed by atoms with E-state index in [1.807, 2.05) is 6.92 Å². The predicted octanol–water partition coefficient (Wildman–Crippen LogP) is -0.623. The number of hydrogen-bond donors (Lipinski definition) is 2. The Labute approximate surface area is 122 Å². The molecule has 0 spiro atoms. The third-order valence-corrected chi connectivity index (χ3v) is 3.45. The van der Waals surface area contributed by atoms with Crippen molar-refractivity contribution in [2.24, 2.45) is 5.92 Å². The number of esters is 1. The molecule has 0 saturated carbocycles. The number of carboxylic acid groups (broad SMARTS) is 1. The molecule has 0 radical (unpaired) electrons. The molecule has 0 aromatic heterocycles. The van der Waals surface area contributed by atoms with Gasteiger partial charge in [0, 0.05) is 25.9 Å². The Morgan fingerprint density at radius 2 is 2.14 bits per heavy atom. The number of nitrogens with zero attached hydrogens (tertiary/aromatic N) is 1. The Balaban J connectivity index is 2.55. The van der Waals surface area contributed by atoms with Crippen LogP contribution in [-0.4, -0.2) is 60.0 Å². The summed E-state index contributed by atoms with van der Waals surface area (Å²) in [6.07, 6.45) is -0.0622. The standard InChI is InChI=1S/C13H20N2O6/c1-3-15-7-8(6-10(15)16)12(18)14-9(13(19)20)4-5-11(17)21-2/h8-9H,3-7H2,1-2H3,(H,14,18)(H,19,20)/t8?,9-/m0/s1. The first kappa shape index (κ1) is 16.9. The van der Waals surface area contributed by atoms with E-state index in [0.29, 0.717) is 13.1 Å². The van der Waals surface area contributed by atoms with Gasteiger partial charge in [-0.15, -0.1) is 0 Å². The quantitative estimate of drug-likeness (QED) is 0.606. The van der Waals surface area contributed by atoms with E-state index < -0.39 is 29.8 Å². The van der Waals surface area contributed by atoms with Crippen LogP contribution in [-0.2, 0) is 23.9 Å². The van der Waals surface area contributed by atoms with Gasteiger partial charge in [-0.05, 0) is 13.3 Å². The van der Waals surface area contributed by atoms with Crippen LogP contribution in [0.3, 0.4) is 0 Å². The third-order valence-electron chi connectivity index (χ3n) is 3.45. The molecule has 1 unspecified atom stereocenters. The molecule has 1 rings (SSSR count). The molecule has 1 saturated heterocycles. The van der Waals surface area contributed by atoms with Gasteiger partial charge in [-0.25, -0.2) is 4.79 Å². The number of amides is 2. The van der Waals surface area contributed by atoms with Crippen molar-refractivity contribution in [2.75, 3.05) is 20.2 Å². The molecular weight excluding hydrogens is 280 g/mol. The number of ether oxygens (including phenoxy) is 1. The van der Waals surface area contributed by atoms with E-state index in [-0.39, 0.29) is 25.2 Å². The van der Waals surface area contributed by atoms with E-state index in [4.69, 9.17) is 5.11 Å². The summed E-state index contributed by atoms with van der Waals surface area (Å²) in [6, 6.07) is -1.16. The van der Waals surface area contributed by atoms with E-state index in [1.165, 1.54) is 7.11 Å². The number of likely N-dealkylation sites (tertiary alicyclic amines) is 1. The molecule has 0 aromatic rings. The minimum atomic E-state index is -1.22. The number of methoxy groups -OCH3 is 1. The second-order valence-corrected chi connectivity index (χ2v) is 4.85. The Bertz CT molecular complexity index is 436. The van der Waals surface area contributed by atoms with Crippen molar-refractivity contribution in [3.05, 3.63) is 0 Å². The molecule has 118 valence electrons. The van der Waals surface area contributed by atoms with Crippen molar-refractivity contribution < 1.29 is 29.0 Å². The van der Waals surface area contributed by atoms with E-state index in [9.17, 15) is 19.2 Å². The Kier molecular flexibility index (Phi) is 6.13. The molecular formula is C13H20N2O6. The van der Waals surface area contributed by atoms with Gasteiger partial charge in [0.25, 0.3) is 0 Å². The van der Waals surface area contributed by atoms with Crippen molar-refractivity contribution in [2.45, 2.75) is 32.2 Å². The van der Waals surface area contributed by atoms with E-state index in [2.05, 4.69) is 10.1 Å². The summed E-state index contributed by atoms with van der Waals surface area (Å²) in [7, 11) is 1.21. The third kappa shape index (κ3) is 4.73. The lowest BCUT2D eigenvalue weighted by atomic mass is 10.1. The molecule has 0 bridgehead atoms. The van der Waals surface area contributed by atoms with Crippen LogP contribution in [0.1, 0.15) is 26.2 Å². The summed E-state index contributed by atoms with van der Waals surface area (Å²) in [4.78, 5) is 47.2. The SMILES string of the molecule is CCN1CC(C(=O)N[C@@H](CCC(=O)OC)C(=O)O)CC1=O. The van der Waals surface area contributed by atoms with Gasteiger partial charge in [-0.2, -0.15) is 0 Å². The lowest BCUT2D eigenvalue weighted by Gasteiger charge is -2.17. The van der Waals surface area contributed by atoms with Crippen LogP contribution in [0.4, 0.5) is 0 Å². The first-order chi connectivity index (χ1) is 9.88. The molecule has 2 N–H and O–H groups in total. The second kappa shape index (κ2) is 7.61. The molecule has 0 aliphatic carbocycles. The maximum absolute atomic E-state index is 12.0. The zero-order valence-electron chi connectivity index (χ0n) is 12.1. The highest BCUT2D eigenvalue weighted by Gasteiger charge is 2.35. The molecule has 2 amide bonds. The van der Waals surface area contributed by atoms with Gasteiger partial charge in [-0.1, -0.05) is 0 Å². The highest BCUT2D eigenvalue weighted by molar-refractivity contribution is 5.91. The molecule has 8 nitrogen and oxygen atoms in total. The van der Waals surface area contributed by atoms with Crippen LogP contribution >= 0.6 is 0 Å². The highest BCUT2D eigenvalue weighted by Crippen LogP contribution is 2.17. The summed E-state index contributed by atoms with van der Waals surface area (Å²) in [5, 5.41) is 11.4. The fraction of sp³-hybridized carbons (Fsp3) is 0.692. The molecule has 1 heterocycles. The first-order valence-corrected chi connectivity index (χ1v) is 6.76. The smallest absolute Gasteiger partial charge is 0.326 e. The summed E-state index contributed by atoms with van der Waals surface area (Å²) >= 11 is 0. The van der Waals surface area contributed by atoms with Crippen molar-refractivity contribution >= 4 is 23.8 Å². The van der Waals surface area contributed by atoms with Crippen molar-refractivity contribution in [3.63, 3.8) is 0 Å². The minimum absolute atomic E-state index is 0.0497. The van der Waals surface area contributed by atoms with Crippen LogP contribution < -0.4 is 5.32 Å². The average Bonchev–Trinajstić information content (AvgIpc) is 2.83. The van der Waals surface area contributed by atoms with E-state index in [0.717, 1.165) is 0 Å². The average molecular weight is 300 g/mol. The summed E-state index contributed by atoms with van der Waals surface area (Å²) in [6.45, 7) is 2.63. The van der Waals surface area contributed by atoms with Crippen LogP contribution in [0, 0.1) is 5.92 Å². The van der Waals surface area contributed by atoms with Gasteiger partial charge in [0.1, 0.15) is 6.04 Å².